The number of hydrogen-bond acceptors (Lipinski definition) is 6. The number of carbonyl (C=O) groups is 1. The van der Waals surface area contributed by atoms with E-state index < -0.39 is 0 Å². The molecule has 1 amide bonds. The Hall–Kier alpha value is -3.92. The largest absolute Gasteiger partial charge is 0.490 e. The highest BCUT2D eigenvalue weighted by Gasteiger charge is 2.14. The van der Waals surface area contributed by atoms with Gasteiger partial charge in [-0.25, -0.2) is 5.43 Å². The molecule has 0 radical (unpaired) electrons. The maximum atomic E-state index is 12.3. The van der Waals surface area contributed by atoms with Crippen molar-refractivity contribution in [2.24, 2.45) is 5.10 Å². The molecular formula is C30H28IN3O4. The molecule has 0 saturated heterocycles. The number of hydrogen-bond donors (Lipinski definition) is 1. The van der Waals surface area contributed by atoms with Crippen LogP contribution in [0.2, 0.25) is 0 Å². The minimum absolute atomic E-state index is 0.190. The van der Waals surface area contributed by atoms with Crippen LogP contribution in [0.3, 0.4) is 0 Å². The van der Waals surface area contributed by atoms with Crippen molar-refractivity contribution in [3.8, 4) is 17.2 Å². The number of para-hydroxylation sites is 1. The molecule has 0 aliphatic carbocycles. The van der Waals surface area contributed by atoms with Gasteiger partial charge in [-0.15, -0.1) is 6.58 Å². The first kappa shape index (κ1) is 27.1. The molecule has 1 N–H and O–H groups in total. The molecule has 0 atom stereocenters. The monoisotopic (exact) mass is 621 g/mol. The zero-order valence-electron chi connectivity index (χ0n) is 21.0. The summed E-state index contributed by atoms with van der Waals surface area (Å²) < 4.78 is 18.9. The minimum atomic E-state index is -0.386. The summed E-state index contributed by atoms with van der Waals surface area (Å²) in [5.74, 6) is 1.43. The number of amides is 1. The highest BCUT2D eigenvalue weighted by molar-refractivity contribution is 14.1. The van der Waals surface area contributed by atoms with Gasteiger partial charge in [-0.05, 0) is 83.5 Å². The zero-order valence-corrected chi connectivity index (χ0v) is 23.2. The van der Waals surface area contributed by atoms with Crippen molar-refractivity contribution in [1.29, 1.82) is 0 Å². The van der Waals surface area contributed by atoms with Crippen molar-refractivity contribution in [3.05, 3.63) is 106 Å². The summed E-state index contributed by atoms with van der Waals surface area (Å²) in [5.41, 5.74) is 5.94. The van der Waals surface area contributed by atoms with Gasteiger partial charge in [0, 0.05) is 20.7 Å². The van der Waals surface area contributed by atoms with Gasteiger partial charge >= 0.3 is 0 Å². The van der Waals surface area contributed by atoms with E-state index in [0.717, 1.165) is 22.1 Å². The molecule has 8 heteroatoms. The number of aromatic nitrogens is 1. The van der Waals surface area contributed by atoms with Crippen molar-refractivity contribution >= 4 is 45.6 Å². The Morgan fingerprint density at radius 3 is 2.66 bits per heavy atom. The second kappa shape index (κ2) is 13.6. The van der Waals surface area contributed by atoms with E-state index >= 15 is 0 Å². The molecule has 0 fully saturated rings. The van der Waals surface area contributed by atoms with Crippen molar-refractivity contribution in [2.75, 3.05) is 13.2 Å². The molecule has 1 aromatic heterocycles. The summed E-state index contributed by atoms with van der Waals surface area (Å²) in [6.45, 7) is 6.49. The van der Waals surface area contributed by atoms with Crippen LogP contribution in [-0.4, -0.2) is 30.3 Å². The summed E-state index contributed by atoms with van der Waals surface area (Å²) in [7, 11) is 0. The second-order valence-corrected chi connectivity index (χ2v) is 9.51. The third-order valence-corrected chi connectivity index (χ3v) is 6.19. The molecule has 3 aromatic carbocycles. The molecule has 7 nitrogen and oxygen atoms in total. The highest BCUT2D eigenvalue weighted by Crippen LogP contribution is 2.34. The summed E-state index contributed by atoms with van der Waals surface area (Å²) in [4.78, 5) is 16.7. The van der Waals surface area contributed by atoms with Crippen LogP contribution in [0.1, 0.15) is 23.6 Å². The van der Waals surface area contributed by atoms with Gasteiger partial charge in [0.05, 0.1) is 12.8 Å². The number of hydrazone groups is 1. The lowest BCUT2D eigenvalue weighted by Gasteiger charge is -2.17. The smallest absolute Gasteiger partial charge is 0.277 e. The van der Waals surface area contributed by atoms with Gasteiger partial charge in [0.1, 0.15) is 17.9 Å². The number of pyridine rings is 1. The summed E-state index contributed by atoms with van der Waals surface area (Å²) >= 11 is 2.28. The van der Waals surface area contributed by atoms with Gasteiger partial charge in [0.25, 0.3) is 5.91 Å². The fourth-order valence-corrected chi connectivity index (χ4v) is 4.13. The van der Waals surface area contributed by atoms with E-state index in [1.165, 1.54) is 3.57 Å². The first-order chi connectivity index (χ1) is 18.6. The molecule has 0 saturated carbocycles. The average molecular weight is 621 g/mol. The molecule has 0 bridgehead atoms. The zero-order chi connectivity index (χ0) is 26.7. The van der Waals surface area contributed by atoms with Crippen LogP contribution in [0.25, 0.3) is 10.9 Å². The van der Waals surface area contributed by atoms with Crippen LogP contribution in [-0.2, 0) is 17.8 Å². The van der Waals surface area contributed by atoms with Gasteiger partial charge < -0.3 is 14.2 Å². The van der Waals surface area contributed by atoms with Crippen LogP contribution in [0.4, 0.5) is 0 Å². The molecule has 4 rings (SSSR count). The number of fused-ring (bicyclic) bond motifs is 1. The predicted molar refractivity (Wildman–Crippen MR) is 158 cm³/mol. The molecule has 0 aliphatic rings. The number of carbonyl (C=O) groups excluding carboxylic acids is 1. The van der Waals surface area contributed by atoms with Crippen LogP contribution in [0.15, 0.2) is 90.7 Å². The van der Waals surface area contributed by atoms with E-state index in [1.807, 2.05) is 73.7 Å². The predicted octanol–water partition coefficient (Wildman–Crippen LogP) is 6.07. The Balaban J connectivity index is 1.43. The molecule has 4 aromatic rings. The number of rotatable bonds is 12. The number of nitrogens with one attached hydrogen (secondary N) is 1. The first-order valence-electron chi connectivity index (χ1n) is 12.1. The van der Waals surface area contributed by atoms with Crippen LogP contribution in [0.5, 0.6) is 17.2 Å². The van der Waals surface area contributed by atoms with Gasteiger partial charge in [-0.3, -0.25) is 9.78 Å². The van der Waals surface area contributed by atoms with E-state index in [4.69, 9.17) is 14.2 Å². The van der Waals surface area contributed by atoms with Gasteiger partial charge in [0.15, 0.2) is 18.1 Å². The Bertz CT molecular complexity index is 1430. The fourth-order valence-electron chi connectivity index (χ4n) is 3.77. The Labute approximate surface area is 235 Å². The third kappa shape index (κ3) is 7.32. The lowest BCUT2D eigenvalue weighted by atomic mass is 10.1. The summed E-state index contributed by atoms with van der Waals surface area (Å²) in [6.07, 6.45) is 5.65. The van der Waals surface area contributed by atoms with Crippen molar-refractivity contribution < 1.29 is 19.0 Å². The molecule has 0 spiro atoms. The lowest BCUT2D eigenvalue weighted by Crippen LogP contribution is -2.24. The van der Waals surface area contributed by atoms with Crippen LogP contribution >= 0.6 is 22.6 Å². The van der Waals surface area contributed by atoms with Crippen molar-refractivity contribution in [2.45, 2.75) is 20.0 Å². The number of benzene rings is 3. The standard InChI is InChI=1S/C30H28IN3O4/c1-3-7-24-16-22(17-27(36-4-2)30(24)38-19-21-11-13-25(31)14-12-21)18-33-34-28(35)20-37-26-10-5-8-23-9-6-15-32-29(23)26/h3,5-6,8-18H,1,4,7,19-20H2,2H3,(H,34,35)/b33-18+. The number of nitrogens with zero attached hydrogens (tertiary/aromatic N) is 2. The van der Waals surface area contributed by atoms with E-state index in [-0.39, 0.29) is 12.5 Å². The first-order valence-corrected chi connectivity index (χ1v) is 13.2. The van der Waals surface area contributed by atoms with Crippen LogP contribution < -0.4 is 19.6 Å². The Morgan fingerprint density at radius 1 is 1.05 bits per heavy atom. The van der Waals surface area contributed by atoms with E-state index in [1.54, 1.807) is 18.5 Å². The third-order valence-electron chi connectivity index (χ3n) is 5.47. The molecular weight excluding hydrogens is 593 g/mol. The van der Waals surface area contributed by atoms with Crippen molar-refractivity contribution in [1.82, 2.24) is 10.4 Å². The fraction of sp³-hybridized carbons (Fsp3) is 0.167. The van der Waals surface area contributed by atoms with Gasteiger partial charge in [0.2, 0.25) is 0 Å². The summed E-state index contributed by atoms with van der Waals surface area (Å²) in [6, 6.07) is 21.3. The Kier molecular flexibility index (Phi) is 9.69. The van der Waals surface area contributed by atoms with Crippen LogP contribution in [0, 0.1) is 3.57 Å². The molecule has 194 valence electrons. The molecule has 1 heterocycles. The Morgan fingerprint density at radius 2 is 1.87 bits per heavy atom. The molecule has 38 heavy (non-hydrogen) atoms. The second-order valence-electron chi connectivity index (χ2n) is 8.26. The highest BCUT2D eigenvalue weighted by atomic mass is 127. The minimum Gasteiger partial charge on any atom is -0.490 e. The number of ether oxygens (including phenoxy) is 3. The number of halogens is 1. The average Bonchev–Trinajstić information content (AvgIpc) is 2.93. The maximum Gasteiger partial charge on any atom is 0.277 e. The maximum absolute atomic E-state index is 12.3. The van der Waals surface area contributed by atoms with E-state index in [0.29, 0.717) is 42.4 Å². The van der Waals surface area contributed by atoms with Crippen molar-refractivity contribution in [3.63, 3.8) is 0 Å². The van der Waals surface area contributed by atoms with E-state index in [9.17, 15) is 4.79 Å². The SMILES string of the molecule is C=CCc1cc(/C=N/NC(=O)COc2cccc3cccnc23)cc(OCC)c1OCc1ccc(I)cc1. The molecule has 0 aliphatic heterocycles. The lowest BCUT2D eigenvalue weighted by molar-refractivity contribution is -0.123. The van der Waals surface area contributed by atoms with Gasteiger partial charge in [-0.2, -0.15) is 5.10 Å². The van der Waals surface area contributed by atoms with Gasteiger partial charge in [-0.1, -0.05) is 36.4 Å². The quantitative estimate of drug-likeness (QED) is 0.0899. The number of allylic oxidation sites excluding steroid dienone is 1. The van der Waals surface area contributed by atoms with E-state index in [2.05, 4.69) is 44.7 Å². The molecule has 0 unspecified atom stereocenters. The normalized spacial score (nSPS) is 10.9. The topological polar surface area (TPSA) is 82.0 Å². The summed E-state index contributed by atoms with van der Waals surface area (Å²) in [5, 5.41) is 5.05.